The third-order valence-electron chi connectivity index (χ3n) is 3.88. The molecule has 5 heteroatoms. The first kappa shape index (κ1) is 12.6. The Bertz CT molecular complexity index is 869. The summed E-state index contributed by atoms with van der Waals surface area (Å²) in [4.78, 5) is 0.209. The molecule has 4 rings (SSSR count). The molecule has 0 radical (unpaired) electrons. The molecule has 0 saturated heterocycles. The lowest BCUT2D eigenvalue weighted by Crippen LogP contribution is -2.08. The molecule has 1 heterocycles. The largest absolute Gasteiger partial charge is 0.438 e. The average Bonchev–Trinajstić information content (AvgIpc) is 3.02. The van der Waals surface area contributed by atoms with Gasteiger partial charge in [-0.15, -0.1) is 4.40 Å². The number of aryl methyl sites for hydroxylation is 2. The molecule has 2 aliphatic rings. The van der Waals surface area contributed by atoms with Crippen LogP contribution in [0.1, 0.15) is 23.1 Å². The van der Waals surface area contributed by atoms with Gasteiger partial charge in [0.1, 0.15) is 10.6 Å². The molecule has 0 fully saturated rings. The fraction of sp³-hybridized carbons (Fsp3) is 0.188. The topological polar surface area (TPSA) is 55.7 Å². The van der Waals surface area contributed by atoms with Crippen molar-refractivity contribution in [3.8, 4) is 5.75 Å². The highest BCUT2D eigenvalue weighted by Gasteiger charge is 2.30. The quantitative estimate of drug-likeness (QED) is 0.813. The Balaban J connectivity index is 1.73. The van der Waals surface area contributed by atoms with E-state index in [0.717, 1.165) is 19.3 Å². The first-order valence-corrected chi connectivity index (χ1v) is 8.31. The Morgan fingerprint density at radius 3 is 2.71 bits per heavy atom. The highest BCUT2D eigenvalue weighted by atomic mass is 32.2. The number of fused-ring (bicyclic) bond motifs is 2. The van der Waals surface area contributed by atoms with E-state index < -0.39 is 10.0 Å². The molecule has 0 bridgehead atoms. The van der Waals surface area contributed by atoms with Crippen molar-refractivity contribution in [2.24, 2.45) is 4.40 Å². The summed E-state index contributed by atoms with van der Waals surface area (Å²) in [6.45, 7) is 0. The molecule has 106 valence electrons. The number of sulfonamides is 1. The predicted octanol–water partition coefficient (Wildman–Crippen LogP) is 2.70. The summed E-state index contributed by atoms with van der Waals surface area (Å²) in [5.41, 5.74) is 3.16. The smallest absolute Gasteiger partial charge is 0.286 e. The lowest BCUT2D eigenvalue weighted by Gasteiger charge is -2.07. The van der Waals surface area contributed by atoms with Crippen molar-refractivity contribution in [2.75, 3.05) is 0 Å². The summed E-state index contributed by atoms with van der Waals surface area (Å²) >= 11 is 0. The first-order valence-electron chi connectivity index (χ1n) is 6.87. The van der Waals surface area contributed by atoms with E-state index in [2.05, 4.69) is 4.40 Å². The molecular formula is C16H13NO3S. The molecule has 0 unspecified atom stereocenters. The number of nitrogens with zero attached hydrogens (tertiary/aromatic N) is 1. The van der Waals surface area contributed by atoms with Gasteiger partial charge < -0.3 is 4.74 Å². The zero-order chi connectivity index (χ0) is 14.4. The predicted molar refractivity (Wildman–Crippen MR) is 79.3 cm³/mol. The Kier molecular flexibility index (Phi) is 2.65. The molecule has 4 nitrogen and oxygen atoms in total. The third-order valence-corrected chi connectivity index (χ3v) is 5.20. The number of benzene rings is 2. The van der Waals surface area contributed by atoms with E-state index in [1.54, 1.807) is 24.3 Å². The first-order chi connectivity index (χ1) is 10.1. The van der Waals surface area contributed by atoms with Gasteiger partial charge in [-0.2, -0.15) is 8.42 Å². The van der Waals surface area contributed by atoms with E-state index >= 15 is 0 Å². The number of hydrogen-bond donors (Lipinski definition) is 0. The van der Waals surface area contributed by atoms with Crippen LogP contribution >= 0.6 is 0 Å². The second-order valence-electron chi connectivity index (χ2n) is 5.25. The lowest BCUT2D eigenvalue weighted by atomic mass is 10.1. The van der Waals surface area contributed by atoms with Crippen LogP contribution in [0.5, 0.6) is 5.75 Å². The maximum Gasteiger partial charge on any atom is 0.286 e. The Labute approximate surface area is 123 Å². The third kappa shape index (κ3) is 2.05. The lowest BCUT2D eigenvalue weighted by molar-refractivity contribution is 0.553. The molecule has 0 amide bonds. The van der Waals surface area contributed by atoms with Gasteiger partial charge in [-0.25, -0.2) is 0 Å². The number of hydrogen-bond acceptors (Lipinski definition) is 3. The molecule has 21 heavy (non-hydrogen) atoms. The zero-order valence-electron chi connectivity index (χ0n) is 11.2. The van der Waals surface area contributed by atoms with Gasteiger partial charge >= 0.3 is 0 Å². The van der Waals surface area contributed by atoms with Crippen molar-refractivity contribution in [1.29, 1.82) is 0 Å². The maximum absolute atomic E-state index is 12.0. The standard InChI is InChI=1S/C16H13NO3S/c18-21(19)15-7-2-1-6-14(15)16(17-21)20-13-9-8-11-4-3-5-12(11)10-13/h1-2,6-10H,3-5H2. The van der Waals surface area contributed by atoms with Crippen LogP contribution in [0.2, 0.25) is 0 Å². The Hall–Kier alpha value is -2.14. The van der Waals surface area contributed by atoms with Gasteiger partial charge in [0.2, 0.25) is 5.90 Å². The van der Waals surface area contributed by atoms with Crippen LogP contribution in [-0.2, 0) is 22.9 Å². The van der Waals surface area contributed by atoms with Crippen molar-refractivity contribution in [3.63, 3.8) is 0 Å². The van der Waals surface area contributed by atoms with E-state index in [1.807, 2.05) is 18.2 Å². The SMILES string of the molecule is O=S1(=O)N=C(Oc2ccc3c(c2)CCC3)c2ccccc21. The molecule has 2 aromatic rings. The Morgan fingerprint density at radius 1 is 1.00 bits per heavy atom. The molecular weight excluding hydrogens is 286 g/mol. The van der Waals surface area contributed by atoms with Crippen molar-refractivity contribution in [1.82, 2.24) is 0 Å². The fourth-order valence-corrected chi connectivity index (χ4v) is 4.01. The van der Waals surface area contributed by atoms with Gasteiger partial charge in [0.05, 0.1) is 5.56 Å². The summed E-state index contributed by atoms with van der Waals surface area (Å²) in [5.74, 6) is 0.796. The van der Waals surface area contributed by atoms with Gasteiger partial charge in [-0.05, 0) is 54.7 Å². The summed E-state index contributed by atoms with van der Waals surface area (Å²) < 4.78 is 33.4. The minimum atomic E-state index is -3.62. The zero-order valence-corrected chi connectivity index (χ0v) is 12.1. The molecule has 0 spiro atoms. The van der Waals surface area contributed by atoms with Crippen molar-refractivity contribution in [2.45, 2.75) is 24.2 Å². The molecule has 0 atom stereocenters. The highest BCUT2D eigenvalue weighted by Crippen LogP contribution is 2.30. The molecule has 1 aliphatic carbocycles. The average molecular weight is 299 g/mol. The molecule has 2 aromatic carbocycles. The fourth-order valence-electron chi connectivity index (χ4n) is 2.87. The highest BCUT2D eigenvalue weighted by molar-refractivity contribution is 7.90. The van der Waals surface area contributed by atoms with Gasteiger partial charge in [-0.1, -0.05) is 18.2 Å². The van der Waals surface area contributed by atoms with Crippen LogP contribution in [0.15, 0.2) is 51.8 Å². The van der Waals surface area contributed by atoms with E-state index in [9.17, 15) is 8.42 Å². The second-order valence-corrected chi connectivity index (χ2v) is 6.83. The number of rotatable bonds is 1. The normalized spacial score (nSPS) is 18.0. The van der Waals surface area contributed by atoms with Crippen LogP contribution in [0.25, 0.3) is 0 Å². The molecule has 0 saturated carbocycles. The summed E-state index contributed by atoms with van der Waals surface area (Å²) in [6.07, 6.45) is 3.32. The van der Waals surface area contributed by atoms with E-state index in [0.29, 0.717) is 11.3 Å². The van der Waals surface area contributed by atoms with Crippen molar-refractivity contribution >= 4 is 15.9 Å². The van der Waals surface area contributed by atoms with Crippen LogP contribution in [0.4, 0.5) is 0 Å². The van der Waals surface area contributed by atoms with Crippen LogP contribution in [0.3, 0.4) is 0 Å². The van der Waals surface area contributed by atoms with Crippen LogP contribution in [-0.4, -0.2) is 14.3 Å². The van der Waals surface area contributed by atoms with E-state index in [1.165, 1.54) is 11.1 Å². The summed E-state index contributed by atoms with van der Waals surface area (Å²) in [6, 6.07) is 12.6. The van der Waals surface area contributed by atoms with Crippen LogP contribution in [0, 0.1) is 0 Å². The van der Waals surface area contributed by atoms with Crippen molar-refractivity contribution in [3.05, 3.63) is 59.2 Å². The van der Waals surface area contributed by atoms with Gasteiger partial charge in [0.25, 0.3) is 10.0 Å². The summed E-state index contributed by atoms with van der Waals surface area (Å²) in [7, 11) is -3.62. The van der Waals surface area contributed by atoms with Crippen molar-refractivity contribution < 1.29 is 13.2 Å². The molecule has 0 aromatic heterocycles. The van der Waals surface area contributed by atoms with E-state index in [4.69, 9.17) is 4.74 Å². The minimum absolute atomic E-state index is 0.156. The van der Waals surface area contributed by atoms with Gasteiger partial charge in [-0.3, -0.25) is 0 Å². The second kappa shape index (κ2) is 4.43. The molecule has 0 N–H and O–H groups in total. The van der Waals surface area contributed by atoms with Gasteiger partial charge in [0, 0.05) is 0 Å². The summed E-state index contributed by atoms with van der Waals surface area (Å²) in [5, 5.41) is 0. The van der Waals surface area contributed by atoms with Crippen LogP contribution < -0.4 is 4.74 Å². The Morgan fingerprint density at radius 2 is 1.81 bits per heavy atom. The van der Waals surface area contributed by atoms with E-state index in [-0.39, 0.29) is 10.8 Å². The number of ether oxygens (including phenoxy) is 1. The molecule has 1 aliphatic heterocycles. The van der Waals surface area contributed by atoms with Gasteiger partial charge in [0.15, 0.2) is 0 Å². The monoisotopic (exact) mass is 299 g/mol. The maximum atomic E-state index is 12.0. The minimum Gasteiger partial charge on any atom is -0.438 e.